The third-order valence-electron chi connectivity index (χ3n) is 4.26. The van der Waals surface area contributed by atoms with Gasteiger partial charge in [-0.05, 0) is 39.0 Å². The predicted octanol–water partition coefficient (Wildman–Crippen LogP) is 1.37. The van der Waals surface area contributed by atoms with Crippen LogP contribution in [0.2, 0.25) is 0 Å². The van der Waals surface area contributed by atoms with Gasteiger partial charge in [-0.15, -0.1) is 0 Å². The van der Waals surface area contributed by atoms with E-state index in [0.29, 0.717) is 18.8 Å². The number of amides is 1. The normalized spacial score (nSPS) is 23.4. The molecule has 0 saturated carbocycles. The van der Waals surface area contributed by atoms with Crippen molar-refractivity contribution in [2.24, 2.45) is 0 Å². The Labute approximate surface area is 150 Å². The molecule has 0 aromatic heterocycles. The fourth-order valence-electron chi connectivity index (χ4n) is 2.89. The summed E-state index contributed by atoms with van der Waals surface area (Å²) >= 11 is 0. The van der Waals surface area contributed by atoms with E-state index in [1.165, 1.54) is 26.2 Å². The van der Waals surface area contributed by atoms with Gasteiger partial charge < -0.3 is 10.1 Å². The highest BCUT2D eigenvalue weighted by Gasteiger charge is 2.29. The molecule has 0 aliphatic carbocycles. The highest BCUT2D eigenvalue weighted by molar-refractivity contribution is 7.89. The van der Waals surface area contributed by atoms with Crippen LogP contribution in [-0.2, 0) is 19.6 Å². The van der Waals surface area contributed by atoms with E-state index in [0.717, 1.165) is 4.31 Å². The molecule has 2 rings (SSSR count). The lowest BCUT2D eigenvalue weighted by Gasteiger charge is -2.38. The van der Waals surface area contributed by atoms with Gasteiger partial charge in [-0.25, -0.2) is 12.7 Å². The Hall–Kier alpha value is -1.48. The van der Waals surface area contributed by atoms with Crippen molar-refractivity contribution in [2.75, 3.05) is 32.5 Å². The van der Waals surface area contributed by atoms with Gasteiger partial charge in [-0.3, -0.25) is 9.69 Å². The first kappa shape index (κ1) is 19.8. The monoisotopic (exact) mass is 369 g/mol. The molecule has 1 fully saturated rings. The molecule has 1 aliphatic heterocycles. The molecule has 1 heterocycles. The molecule has 140 valence electrons. The SMILES string of the molecule is C[C@@H]1CN([C@@H](C)C(=O)Nc2cccc(S(=O)(=O)N(C)C)c2)C[C@@H](C)O1. The number of nitrogens with zero attached hydrogens (tertiary/aromatic N) is 2. The van der Waals surface area contributed by atoms with Crippen LogP contribution in [0.3, 0.4) is 0 Å². The lowest BCUT2D eigenvalue weighted by atomic mass is 10.1. The Bertz CT molecular complexity index is 710. The van der Waals surface area contributed by atoms with Crippen molar-refractivity contribution >= 4 is 21.6 Å². The molecule has 0 unspecified atom stereocenters. The first-order valence-corrected chi connectivity index (χ1v) is 9.78. The van der Waals surface area contributed by atoms with Gasteiger partial charge in [0.15, 0.2) is 0 Å². The third kappa shape index (κ3) is 4.78. The fraction of sp³-hybridized carbons (Fsp3) is 0.588. The molecule has 1 aromatic rings. The summed E-state index contributed by atoms with van der Waals surface area (Å²) in [5, 5.41) is 2.82. The first-order valence-electron chi connectivity index (χ1n) is 8.34. The molecular weight excluding hydrogens is 342 g/mol. The zero-order chi connectivity index (χ0) is 18.8. The van der Waals surface area contributed by atoms with Crippen LogP contribution in [0.15, 0.2) is 29.2 Å². The Morgan fingerprint density at radius 2 is 1.88 bits per heavy atom. The van der Waals surface area contributed by atoms with Crippen molar-refractivity contribution in [1.82, 2.24) is 9.21 Å². The summed E-state index contributed by atoms with van der Waals surface area (Å²) in [5.74, 6) is -0.166. The molecule has 0 spiro atoms. The average Bonchev–Trinajstić information content (AvgIpc) is 2.53. The largest absolute Gasteiger partial charge is 0.373 e. The van der Waals surface area contributed by atoms with Crippen molar-refractivity contribution in [2.45, 2.75) is 43.9 Å². The summed E-state index contributed by atoms with van der Waals surface area (Å²) in [7, 11) is -0.584. The highest BCUT2D eigenvalue weighted by Crippen LogP contribution is 2.19. The number of ether oxygens (including phenoxy) is 1. The van der Waals surface area contributed by atoms with Crippen LogP contribution >= 0.6 is 0 Å². The van der Waals surface area contributed by atoms with Crippen LogP contribution in [0.1, 0.15) is 20.8 Å². The second-order valence-corrected chi connectivity index (χ2v) is 8.84. The van der Waals surface area contributed by atoms with Crippen LogP contribution in [0.4, 0.5) is 5.69 Å². The highest BCUT2D eigenvalue weighted by atomic mass is 32.2. The lowest BCUT2D eigenvalue weighted by molar-refractivity contribution is -0.126. The Balaban J connectivity index is 2.10. The molecular formula is C17H27N3O4S. The van der Waals surface area contributed by atoms with E-state index in [4.69, 9.17) is 4.74 Å². The summed E-state index contributed by atoms with van der Waals surface area (Å²) in [6.45, 7) is 7.20. The minimum absolute atomic E-state index is 0.0764. The first-order chi connectivity index (χ1) is 11.6. The summed E-state index contributed by atoms with van der Waals surface area (Å²) in [5.41, 5.74) is 0.467. The second-order valence-electron chi connectivity index (χ2n) is 6.69. The van der Waals surface area contributed by atoms with Gasteiger partial charge in [0.1, 0.15) is 0 Å². The number of benzene rings is 1. The third-order valence-corrected chi connectivity index (χ3v) is 6.07. The standard InChI is InChI=1S/C17H27N3O4S/c1-12-10-20(11-13(2)24-12)14(3)17(21)18-15-7-6-8-16(9-15)25(22,23)19(4)5/h6-9,12-14H,10-11H2,1-5H3,(H,18,21)/t12-,13-,14+/m1/s1. The minimum atomic E-state index is -3.54. The number of sulfonamides is 1. The van der Waals surface area contributed by atoms with Crippen molar-refractivity contribution < 1.29 is 17.9 Å². The van der Waals surface area contributed by atoms with Crippen molar-refractivity contribution in [3.8, 4) is 0 Å². The molecule has 1 saturated heterocycles. The van der Waals surface area contributed by atoms with Gasteiger partial charge in [0.25, 0.3) is 0 Å². The van der Waals surface area contributed by atoms with Gasteiger partial charge in [0.2, 0.25) is 15.9 Å². The predicted molar refractivity (Wildman–Crippen MR) is 97.0 cm³/mol. The number of anilines is 1. The molecule has 25 heavy (non-hydrogen) atoms. The average molecular weight is 369 g/mol. The molecule has 0 bridgehead atoms. The van der Waals surface area contributed by atoms with E-state index >= 15 is 0 Å². The maximum absolute atomic E-state index is 12.6. The number of carbonyl (C=O) groups is 1. The van der Waals surface area contributed by atoms with E-state index in [9.17, 15) is 13.2 Å². The van der Waals surface area contributed by atoms with E-state index in [-0.39, 0.29) is 29.1 Å². The molecule has 1 aromatic carbocycles. The van der Waals surface area contributed by atoms with E-state index in [2.05, 4.69) is 10.2 Å². The summed E-state index contributed by atoms with van der Waals surface area (Å²) in [6, 6.07) is 5.96. The van der Waals surface area contributed by atoms with E-state index in [1.54, 1.807) is 12.1 Å². The van der Waals surface area contributed by atoms with Gasteiger partial charge in [0, 0.05) is 32.9 Å². The van der Waals surface area contributed by atoms with Crippen molar-refractivity contribution in [1.29, 1.82) is 0 Å². The van der Waals surface area contributed by atoms with Crippen LogP contribution in [0, 0.1) is 0 Å². The molecule has 7 nitrogen and oxygen atoms in total. The Morgan fingerprint density at radius 1 is 1.28 bits per heavy atom. The number of rotatable bonds is 5. The quantitative estimate of drug-likeness (QED) is 0.848. The molecule has 0 radical (unpaired) electrons. The molecule has 1 aliphatic rings. The van der Waals surface area contributed by atoms with Gasteiger partial charge in [-0.2, -0.15) is 0 Å². The Morgan fingerprint density at radius 3 is 2.44 bits per heavy atom. The van der Waals surface area contributed by atoms with Crippen LogP contribution in [0.5, 0.6) is 0 Å². The summed E-state index contributed by atoms with van der Waals surface area (Å²) < 4.78 is 31.3. The number of nitrogens with one attached hydrogen (secondary N) is 1. The van der Waals surface area contributed by atoms with Crippen LogP contribution in [0.25, 0.3) is 0 Å². The maximum Gasteiger partial charge on any atom is 0.242 e. The zero-order valence-electron chi connectivity index (χ0n) is 15.4. The number of hydrogen-bond acceptors (Lipinski definition) is 5. The molecule has 3 atom stereocenters. The number of hydrogen-bond donors (Lipinski definition) is 1. The molecule has 8 heteroatoms. The fourth-order valence-corrected chi connectivity index (χ4v) is 3.84. The lowest BCUT2D eigenvalue weighted by Crippen LogP contribution is -2.52. The second kappa shape index (κ2) is 7.82. The van der Waals surface area contributed by atoms with E-state index < -0.39 is 10.0 Å². The summed E-state index contributed by atoms with van der Waals surface area (Å²) in [4.78, 5) is 14.8. The number of carbonyl (C=O) groups excluding carboxylic acids is 1. The topological polar surface area (TPSA) is 79.0 Å². The van der Waals surface area contributed by atoms with Crippen molar-refractivity contribution in [3.63, 3.8) is 0 Å². The minimum Gasteiger partial charge on any atom is -0.373 e. The van der Waals surface area contributed by atoms with Gasteiger partial charge >= 0.3 is 0 Å². The van der Waals surface area contributed by atoms with Crippen LogP contribution in [-0.4, -0.2) is 69.0 Å². The van der Waals surface area contributed by atoms with Crippen LogP contribution < -0.4 is 5.32 Å². The molecule has 1 amide bonds. The maximum atomic E-state index is 12.6. The van der Waals surface area contributed by atoms with Gasteiger partial charge in [-0.1, -0.05) is 6.07 Å². The van der Waals surface area contributed by atoms with Crippen molar-refractivity contribution in [3.05, 3.63) is 24.3 Å². The number of morpholine rings is 1. The molecule has 1 N–H and O–H groups in total. The Kier molecular flexibility index (Phi) is 6.21. The van der Waals surface area contributed by atoms with E-state index in [1.807, 2.05) is 20.8 Å². The van der Waals surface area contributed by atoms with Gasteiger partial charge in [0.05, 0.1) is 23.1 Å². The smallest absolute Gasteiger partial charge is 0.242 e. The summed E-state index contributed by atoms with van der Waals surface area (Å²) in [6.07, 6.45) is 0.153. The zero-order valence-corrected chi connectivity index (χ0v) is 16.2.